The van der Waals surface area contributed by atoms with Gasteiger partial charge in [0.25, 0.3) is 0 Å². The third kappa shape index (κ3) is 5.94. The van der Waals surface area contributed by atoms with Crippen LogP contribution in [0.15, 0.2) is 24.3 Å². The summed E-state index contributed by atoms with van der Waals surface area (Å²) in [5, 5.41) is 2.75. The van der Waals surface area contributed by atoms with E-state index in [0.717, 1.165) is 12.6 Å². The lowest BCUT2D eigenvalue weighted by Crippen LogP contribution is -2.20. The highest BCUT2D eigenvalue weighted by Gasteiger charge is 2.32. The zero-order valence-corrected chi connectivity index (χ0v) is 11.1. The highest BCUT2D eigenvalue weighted by atomic mass is 19.4. The molecule has 1 rings (SSSR count). The third-order valence-electron chi connectivity index (χ3n) is 2.48. The molecule has 0 heterocycles. The van der Waals surface area contributed by atoms with E-state index in [1.165, 1.54) is 12.1 Å². The van der Waals surface area contributed by atoms with Crippen molar-refractivity contribution in [2.75, 3.05) is 45.7 Å². The van der Waals surface area contributed by atoms with Gasteiger partial charge in [0.1, 0.15) is 0 Å². The standard InChI is InChI=1S/C13H19F3N2O/c1-18(2)8-10-19-9-7-17-12-6-4-3-5-11(12)13(14,15)16/h3-6,17H,7-10H2,1-2H3. The van der Waals surface area contributed by atoms with Gasteiger partial charge in [-0.05, 0) is 26.2 Å². The van der Waals surface area contributed by atoms with Gasteiger partial charge in [-0.3, -0.25) is 0 Å². The van der Waals surface area contributed by atoms with Crippen LogP contribution in [-0.2, 0) is 10.9 Å². The molecule has 6 heteroatoms. The fraction of sp³-hybridized carbons (Fsp3) is 0.538. The minimum atomic E-state index is -4.34. The number of ether oxygens (including phenoxy) is 1. The molecule has 0 saturated heterocycles. The van der Waals surface area contributed by atoms with E-state index in [-0.39, 0.29) is 5.69 Å². The molecule has 0 fully saturated rings. The van der Waals surface area contributed by atoms with Gasteiger partial charge in [-0.15, -0.1) is 0 Å². The molecule has 1 aromatic rings. The van der Waals surface area contributed by atoms with Crippen LogP contribution in [0.1, 0.15) is 5.56 Å². The number of anilines is 1. The molecule has 0 atom stereocenters. The van der Waals surface area contributed by atoms with Gasteiger partial charge in [-0.2, -0.15) is 13.2 Å². The number of nitrogens with one attached hydrogen (secondary N) is 1. The van der Waals surface area contributed by atoms with Crippen LogP contribution in [0.2, 0.25) is 0 Å². The van der Waals surface area contributed by atoms with Crippen LogP contribution in [0.4, 0.5) is 18.9 Å². The van der Waals surface area contributed by atoms with E-state index < -0.39 is 11.7 Å². The second-order valence-corrected chi connectivity index (χ2v) is 4.39. The van der Waals surface area contributed by atoms with E-state index in [2.05, 4.69) is 5.32 Å². The Morgan fingerprint density at radius 1 is 1.16 bits per heavy atom. The number of hydrogen-bond acceptors (Lipinski definition) is 3. The fourth-order valence-corrected chi connectivity index (χ4v) is 1.49. The summed E-state index contributed by atoms with van der Waals surface area (Å²) in [6.07, 6.45) is -4.34. The summed E-state index contributed by atoms with van der Waals surface area (Å²) in [7, 11) is 3.86. The molecule has 0 aromatic heterocycles. The average molecular weight is 276 g/mol. The molecule has 108 valence electrons. The topological polar surface area (TPSA) is 24.5 Å². The normalized spacial score (nSPS) is 11.9. The maximum atomic E-state index is 12.7. The van der Waals surface area contributed by atoms with Crippen LogP contribution >= 0.6 is 0 Å². The molecule has 1 aromatic carbocycles. The number of nitrogens with zero attached hydrogens (tertiary/aromatic N) is 1. The first kappa shape index (κ1) is 15.8. The Morgan fingerprint density at radius 2 is 1.84 bits per heavy atom. The number of para-hydroxylation sites is 1. The van der Waals surface area contributed by atoms with Crippen molar-refractivity contribution in [2.24, 2.45) is 0 Å². The van der Waals surface area contributed by atoms with Crippen LogP contribution in [-0.4, -0.2) is 45.3 Å². The summed E-state index contributed by atoms with van der Waals surface area (Å²) in [5.41, 5.74) is -0.561. The lowest BCUT2D eigenvalue weighted by atomic mass is 10.1. The van der Waals surface area contributed by atoms with Crippen molar-refractivity contribution in [2.45, 2.75) is 6.18 Å². The van der Waals surface area contributed by atoms with Gasteiger partial charge in [0.2, 0.25) is 0 Å². The van der Waals surface area contributed by atoms with Crippen LogP contribution < -0.4 is 5.32 Å². The zero-order chi connectivity index (χ0) is 14.3. The Bertz CT molecular complexity index is 380. The first-order valence-corrected chi connectivity index (χ1v) is 6.04. The fourth-order valence-electron chi connectivity index (χ4n) is 1.49. The molecular weight excluding hydrogens is 257 g/mol. The van der Waals surface area contributed by atoms with Crippen LogP contribution in [0.5, 0.6) is 0 Å². The highest BCUT2D eigenvalue weighted by Crippen LogP contribution is 2.34. The van der Waals surface area contributed by atoms with Gasteiger partial charge < -0.3 is 15.0 Å². The molecular formula is C13H19F3N2O. The smallest absolute Gasteiger partial charge is 0.382 e. The predicted molar refractivity (Wildman–Crippen MR) is 69.3 cm³/mol. The van der Waals surface area contributed by atoms with E-state index >= 15 is 0 Å². The Morgan fingerprint density at radius 3 is 2.47 bits per heavy atom. The summed E-state index contributed by atoms with van der Waals surface area (Å²) in [6, 6.07) is 5.43. The van der Waals surface area contributed by atoms with Gasteiger partial charge in [-0.1, -0.05) is 12.1 Å². The summed E-state index contributed by atoms with van der Waals surface area (Å²) in [5.74, 6) is 0. The van der Waals surface area contributed by atoms with Crippen molar-refractivity contribution >= 4 is 5.69 Å². The molecule has 19 heavy (non-hydrogen) atoms. The average Bonchev–Trinajstić information content (AvgIpc) is 2.32. The lowest BCUT2D eigenvalue weighted by molar-refractivity contribution is -0.137. The molecule has 0 aliphatic heterocycles. The summed E-state index contributed by atoms with van der Waals surface area (Å²) >= 11 is 0. The third-order valence-corrected chi connectivity index (χ3v) is 2.48. The SMILES string of the molecule is CN(C)CCOCCNc1ccccc1C(F)(F)F. The van der Waals surface area contributed by atoms with Crippen molar-refractivity contribution in [3.8, 4) is 0 Å². The van der Waals surface area contributed by atoms with E-state index in [9.17, 15) is 13.2 Å². The second-order valence-electron chi connectivity index (χ2n) is 4.39. The van der Waals surface area contributed by atoms with Gasteiger partial charge >= 0.3 is 6.18 Å². The van der Waals surface area contributed by atoms with Gasteiger partial charge in [-0.25, -0.2) is 0 Å². The van der Waals surface area contributed by atoms with E-state index in [0.29, 0.717) is 19.8 Å². The molecule has 0 spiro atoms. The highest BCUT2D eigenvalue weighted by molar-refractivity contribution is 5.52. The summed E-state index contributed by atoms with van der Waals surface area (Å²) < 4.78 is 43.4. The summed E-state index contributed by atoms with van der Waals surface area (Å²) in [6.45, 7) is 2.08. The van der Waals surface area contributed by atoms with Crippen LogP contribution in [0, 0.1) is 0 Å². The molecule has 0 aliphatic carbocycles. The maximum Gasteiger partial charge on any atom is 0.418 e. The molecule has 0 aliphatic rings. The van der Waals surface area contributed by atoms with Crippen molar-refractivity contribution in [1.82, 2.24) is 4.90 Å². The van der Waals surface area contributed by atoms with Crippen LogP contribution in [0.25, 0.3) is 0 Å². The Labute approximate surface area is 111 Å². The Balaban J connectivity index is 2.37. The number of likely N-dealkylation sites (N-methyl/N-ethyl adjacent to an activating group) is 1. The predicted octanol–water partition coefficient (Wildman–Crippen LogP) is 2.70. The monoisotopic (exact) mass is 276 g/mol. The largest absolute Gasteiger partial charge is 0.418 e. The van der Waals surface area contributed by atoms with Gasteiger partial charge in [0.15, 0.2) is 0 Å². The zero-order valence-electron chi connectivity index (χ0n) is 11.1. The molecule has 0 saturated carbocycles. The quantitative estimate of drug-likeness (QED) is 0.775. The van der Waals surface area contributed by atoms with Crippen molar-refractivity contribution in [3.63, 3.8) is 0 Å². The van der Waals surface area contributed by atoms with E-state index in [1.54, 1.807) is 6.07 Å². The molecule has 0 unspecified atom stereocenters. The first-order chi connectivity index (χ1) is 8.91. The van der Waals surface area contributed by atoms with E-state index in [1.807, 2.05) is 19.0 Å². The minimum absolute atomic E-state index is 0.0891. The minimum Gasteiger partial charge on any atom is -0.382 e. The summed E-state index contributed by atoms with van der Waals surface area (Å²) in [4.78, 5) is 1.98. The number of alkyl halides is 3. The maximum absolute atomic E-state index is 12.7. The van der Waals surface area contributed by atoms with Gasteiger partial charge in [0.05, 0.1) is 18.8 Å². The number of halogens is 3. The van der Waals surface area contributed by atoms with Crippen molar-refractivity contribution < 1.29 is 17.9 Å². The van der Waals surface area contributed by atoms with Crippen molar-refractivity contribution in [3.05, 3.63) is 29.8 Å². The number of hydrogen-bond donors (Lipinski definition) is 1. The van der Waals surface area contributed by atoms with Crippen LogP contribution in [0.3, 0.4) is 0 Å². The van der Waals surface area contributed by atoms with E-state index in [4.69, 9.17) is 4.74 Å². The molecule has 1 N–H and O–H groups in total. The Kier molecular flexibility index (Phi) is 6.11. The number of benzene rings is 1. The molecule has 0 radical (unpaired) electrons. The van der Waals surface area contributed by atoms with Gasteiger partial charge in [0, 0.05) is 18.8 Å². The molecule has 0 bridgehead atoms. The Hall–Kier alpha value is -1.27. The molecule has 3 nitrogen and oxygen atoms in total. The second kappa shape index (κ2) is 7.35. The van der Waals surface area contributed by atoms with Crippen molar-refractivity contribution in [1.29, 1.82) is 0 Å². The first-order valence-electron chi connectivity index (χ1n) is 6.04. The number of rotatable bonds is 7. The molecule has 0 amide bonds. The lowest BCUT2D eigenvalue weighted by Gasteiger charge is -2.14.